The highest BCUT2D eigenvalue weighted by molar-refractivity contribution is 5.91. The van der Waals surface area contributed by atoms with Crippen LogP contribution in [0.3, 0.4) is 0 Å². The highest BCUT2D eigenvalue weighted by Gasteiger charge is 2.12. The van der Waals surface area contributed by atoms with Crippen molar-refractivity contribution in [2.75, 3.05) is 39.2 Å². The van der Waals surface area contributed by atoms with Crippen molar-refractivity contribution < 1.29 is 14.3 Å². The summed E-state index contributed by atoms with van der Waals surface area (Å²) in [6.45, 7) is 3.06. The summed E-state index contributed by atoms with van der Waals surface area (Å²) in [6, 6.07) is 5.39. The fraction of sp³-hybridized carbons (Fsp3) is 0.562. The molecule has 1 heterocycles. The van der Waals surface area contributed by atoms with E-state index in [9.17, 15) is 4.79 Å². The summed E-state index contributed by atoms with van der Waals surface area (Å²) in [4.78, 5) is 14.4. The number of carbonyl (C=O) groups excluding carboxylic acids is 1. The zero-order valence-electron chi connectivity index (χ0n) is 12.9. The first-order valence-corrected chi connectivity index (χ1v) is 7.47. The van der Waals surface area contributed by atoms with Gasteiger partial charge in [-0.3, -0.25) is 4.79 Å². The number of nitrogens with zero attached hydrogens (tertiary/aromatic N) is 1. The Morgan fingerprint density at radius 3 is 2.52 bits per heavy atom. The van der Waals surface area contributed by atoms with Gasteiger partial charge in [-0.15, -0.1) is 0 Å². The Kier molecular flexibility index (Phi) is 5.87. The number of methoxy groups -OCH3 is 2. The third-order valence-electron chi connectivity index (χ3n) is 3.77. The number of ether oxygens (including phenoxy) is 2. The zero-order valence-corrected chi connectivity index (χ0v) is 12.9. The van der Waals surface area contributed by atoms with Crippen LogP contribution in [0.1, 0.15) is 25.7 Å². The van der Waals surface area contributed by atoms with Gasteiger partial charge in [0.2, 0.25) is 5.91 Å². The molecule has 1 N–H and O–H groups in total. The van der Waals surface area contributed by atoms with Crippen molar-refractivity contribution in [3.05, 3.63) is 18.2 Å². The largest absolute Gasteiger partial charge is 0.493 e. The molecule has 1 fully saturated rings. The zero-order chi connectivity index (χ0) is 15.1. The topological polar surface area (TPSA) is 50.8 Å². The van der Waals surface area contributed by atoms with Crippen molar-refractivity contribution in [2.24, 2.45) is 0 Å². The lowest BCUT2D eigenvalue weighted by Crippen LogP contribution is -2.32. The summed E-state index contributed by atoms with van der Waals surface area (Å²) < 4.78 is 10.4. The fourth-order valence-corrected chi connectivity index (χ4v) is 2.58. The fourth-order valence-electron chi connectivity index (χ4n) is 2.58. The minimum Gasteiger partial charge on any atom is -0.493 e. The third kappa shape index (κ3) is 4.63. The van der Waals surface area contributed by atoms with Gasteiger partial charge in [0.15, 0.2) is 11.5 Å². The van der Waals surface area contributed by atoms with E-state index < -0.39 is 0 Å². The van der Waals surface area contributed by atoms with E-state index >= 15 is 0 Å². The molecule has 0 bridgehead atoms. The Morgan fingerprint density at radius 2 is 1.86 bits per heavy atom. The molecular weight excluding hydrogens is 268 g/mol. The van der Waals surface area contributed by atoms with Crippen LogP contribution in [-0.2, 0) is 4.79 Å². The van der Waals surface area contributed by atoms with Gasteiger partial charge in [0.25, 0.3) is 0 Å². The lowest BCUT2D eigenvalue weighted by atomic mass is 10.1. The Bertz CT molecular complexity index is 471. The van der Waals surface area contributed by atoms with Crippen LogP contribution in [0, 0.1) is 0 Å². The van der Waals surface area contributed by atoms with Gasteiger partial charge in [-0.25, -0.2) is 0 Å². The molecule has 1 aromatic carbocycles. The number of piperidine rings is 1. The molecule has 1 amide bonds. The first-order chi connectivity index (χ1) is 10.2. The van der Waals surface area contributed by atoms with Crippen LogP contribution in [-0.4, -0.2) is 44.7 Å². The molecule has 1 aliphatic heterocycles. The number of hydrogen-bond donors (Lipinski definition) is 1. The van der Waals surface area contributed by atoms with Gasteiger partial charge in [-0.1, -0.05) is 6.42 Å². The average molecular weight is 292 g/mol. The number of amides is 1. The summed E-state index contributed by atoms with van der Waals surface area (Å²) >= 11 is 0. The maximum Gasteiger partial charge on any atom is 0.225 e. The maximum absolute atomic E-state index is 12.0. The van der Waals surface area contributed by atoms with Gasteiger partial charge in [0.1, 0.15) is 0 Å². The molecule has 5 nitrogen and oxygen atoms in total. The molecule has 0 atom stereocenters. The van der Waals surface area contributed by atoms with Gasteiger partial charge in [0.05, 0.1) is 14.2 Å². The Morgan fingerprint density at radius 1 is 1.14 bits per heavy atom. The molecule has 0 spiro atoms. The lowest BCUT2D eigenvalue weighted by Gasteiger charge is -2.25. The second kappa shape index (κ2) is 7.88. The molecule has 116 valence electrons. The number of nitrogens with one attached hydrogen (secondary N) is 1. The van der Waals surface area contributed by atoms with Crippen LogP contribution < -0.4 is 14.8 Å². The van der Waals surface area contributed by atoms with Crippen molar-refractivity contribution >= 4 is 11.6 Å². The van der Waals surface area contributed by atoms with Gasteiger partial charge in [-0.2, -0.15) is 0 Å². The first kappa shape index (κ1) is 15.6. The standard InChI is InChI=1S/C16H24N2O3/c1-20-14-7-6-13(12-15(14)21-2)17-16(19)8-11-18-9-4-3-5-10-18/h6-7,12H,3-5,8-11H2,1-2H3,(H,17,19). The van der Waals surface area contributed by atoms with E-state index in [4.69, 9.17) is 9.47 Å². The average Bonchev–Trinajstić information content (AvgIpc) is 2.53. The van der Waals surface area contributed by atoms with E-state index in [1.54, 1.807) is 26.4 Å². The molecule has 0 radical (unpaired) electrons. The second-order valence-electron chi connectivity index (χ2n) is 5.27. The maximum atomic E-state index is 12.0. The number of benzene rings is 1. The molecule has 2 rings (SSSR count). The summed E-state index contributed by atoms with van der Waals surface area (Å²) in [5, 5.41) is 2.91. The molecule has 0 unspecified atom stereocenters. The minimum absolute atomic E-state index is 0.0350. The first-order valence-electron chi connectivity index (χ1n) is 7.47. The van der Waals surface area contributed by atoms with Crippen LogP contribution in [0.25, 0.3) is 0 Å². The number of anilines is 1. The molecule has 5 heteroatoms. The number of hydrogen-bond acceptors (Lipinski definition) is 4. The summed E-state index contributed by atoms with van der Waals surface area (Å²) in [5.41, 5.74) is 0.733. The van der Waals surface area contributed by atoms with Gasteiger partial charge < -0.3 is 19.7 Å². The monoisotopic (exact) mass is 292 g/mol. The summed E-state index contributed by atoms with van der Waals surface area (Å²) in [6.07, 6.45) is 4.33. The molecule has 1 aliphatic rings. The van der Waals surface area contributed by atoms with Crippen molar-refractivity contribution in [3.8, 4) is 11.5 Å². The molecule has 0 aliphatic carbocycles. The quantitative estimate of drug-likeness (QED) is 0.875. The minimum atomic E-state index is 0.0350. The Hall–Kier alpha value is -1.75. The number of rotatable bonds is 6. The number of carbonyl (C=O) groups is 1. The highest BCUT2D eigenvalue weighted by Crippen LogP contribution is 2.29. The van der Waals surface area contributed by atoms with Crippen LogP contribution in [0.15, 0.2) is 18.2 Å². The lowest BCUT2D eigenvalue weighted by molar-refractivity contribution is -0.116. The molecular formula is C16H24N2O3. The van der Waals surface area contributed by atoms with Crippen LogP contribution >= 0.6 is 0 Å². The van der Waals surface area contributed by atoms with Crippen LogP contribution in [0.4, 0.5) is 5.69 Å². The third-order valence-corrected chi connectivity index (χ3v) is 3.77. The van der Waals surface area contributed by atoms with Crippen LogP contribution in [0.5, 0.6) is 11.5 Å². The van der Waals surface area contributed by atoms with E-state index in [0.717, 1.165) is 25.3 Å². The predicted molar refractivity (Wildman–Crippen MR) is 83.1 cm³/mol. The second-order valence-corrected chi connectivity index (χ2v) is 5.27. The van der Waals surface area contributed by atoms with Gasteiger partial charge in [-0.05, 0) is 38.1 Å². The van der Waals surface area contributed by atoms with Crippen LogP contribution in [0.2, 0.25) is 0 Å². The van der Waals surface area contributed by atoms with Gasteiger partial charge >= 0.3 is 0 Å². The van der Waals surface area contributed by atoms with Gasteiger partial charge in [0, 0.05) is 24.7 Å². The Labute approximate surface area is 126 Å². The Balaban J connectivity index is 1.84. The number of likely N-dealkylation sites (tertiary alicyclic amines) is 1. The molecule has 0 aromatic heterocycles. The molecule has 0 saturated carbocycles. The predicted octanol–water partition coefficient (Wildman–Crippen LogP) is 2.52. The highest BCUT2D eigenvalue weighted by atomic mass is 16.5. The van der Waals surface area contributed by atoms with E-state index in [0.29, 0.717) is 17.9 Å². The van der Waals surface area contributed by atoms with E-state index in [2.05, 4.69) is 10.2 Å². The molecule has 21 heavy (non-hydrogen) atoms. The van der Waals surface area contributed by atoms with Crippen molar-refractivity contribution in [1.82, 2.24) is 4.90 Å². The van der Waals surface area contributed by atoms with E-state index in [-0.39, 0.29) is 5.91 Å². The van der Waals surface area contributed by atoms with Crippen molar-refractivity contribution in [1.29, 1.82) is 0 Å². The van der Waals surface area contributed by atoms with Crippen molar-refractivity contribution in [3.63, 3.8) is 0 Å². The molecule has 1 saturated heterocycles. The normalized spacial score (nSPS) is 15.5. The van der Waals surface area contributed by atoms with Crippen molar-refractivity contribution in [2.45, 2.75) is 25.7 Å². The summed E-state index contributed by atoms with van der Waals surface area (Å²) in [5.74, 6) is 1.31. The smallest absolute Gasteiger partial charge is 0.225 e. The van der Waals surface area contributed by atoms with E-state index in [1.165, 1.54) is 19.3 Å². The SMILES string of the molecule is COc1ccc(NC(=O)CCN2CCCCC2)cc1OC. The van der Waals surface area contributed by atoms with E-state index in [1.807, 2.05) is 6.07 Å². The summed E-state index contributed by atoms with van der Waals surface area (Å²) in [7, 11) is 3.18. The molecule has 1 aromatic rings.